The summed E-state index contributed by atoms with van der Waals surface area (Å²) in [6, 6.07) is 0. The molecule has 0 saturated carbocycles. The number of aliphatic hydroxyl groups excluding tert-OH is 5. The summed E-state index contributed by atoms with van der Waals surface area (Å²) in [5, 5.41) is 56.2. The average molecular weight is 215 g/mol. The minimum Gasteiger partial charge on any atom is -0.394 e. The van der Waals surface area contributed by atoms with Gasteiger partial charge >= 0.3 is 0 Å². The highest BCUT2D eigenvalue weighted by atomic mass is 16.9. The molecule has 0 aromatic rings. The molecule has 2 atom stereocenters. The van der Waals surface area contributed by atoms with E-state index in [-0.39, 0.29) is 0 Å². The largest absolute Gasteiger partial charge is 0.394 e. The van der Waals surface area contributed by atoms with Crippen LogP contribution in [0.2, 0.25) is 0 Å². The lowest BCUT2D eigenvalue weighted by Crippen LogP contribution is -2.41. The quantitative estimate of drug-likeness (QED) is 0.209. The van der Waals surface area contributed by atoms with E-state index in [1.165, 1.54) is 0 Å². The summed E-state index contributed by atoms with van der Waals surface area (Å²) in [6.07, 6.45) is -4.29. The predicted molar refractivity (Wildman–Crippen MR) is 41.0 cm³/mol. The van der Waals surface area contributed by atoms with Gasteiger partial charge in [0.25, 0.3) is 5.09 Å². The van der Waals surface area contributed by atoms with Gasteiger partial charge in [-0.25, -0.2) is 0 Å². The maximum absolute atomic E-state index is 8.77. The SMILES string of the molecule is O=[N+]([O-])O.OCC(O)C(O)C(O)CO. The molecule has 9 nitrogen and oxygen atoms in total. The van der Waals surface area contributed by atoms with Crippen molar-refractivity contribution < 1.29 is 35.8 Å². The molecule has 0 aliphatic carbocycles. The van der Waals surface area contributed by atoms with E-state index in [1.807, 2.05) is 0 Å². The van der Waals surface area contributed by atoms with E-state index in [0.29, 0.717) is 0 Å². The van der Waals surface area contributed by atoms with Crippen molar-refractivity contribution in [1.29, 1.82) is 0 Å². The van der Waals surface area contributed by atoms with E-state index in [2.05, 4.69) is 0 Å². The van der Waals surface area contributed by atoms with E-state index in [4.69, 9.17) is 40.9 Å². The van der Waals surface area contributed by atoms with Gasteiger partial charge in [0.05, 0.1) is 13.2 Å². The molecule has 86 valence electrons. The zero-order valence-electron chi connectivity index (χ0n) is 7.09. The fourth-order valence-corrected chi connectivity index (χ4v) is 0.472. The fraction of sp³-hybridized carbons (Fsp3) is 1.00. The Bertz CT molecular complexity index is 139. The highest BCUT2D eigenvalue weighted by Crippen LogP contribution is 1.97. The van der Waals surface area contributed by atoms with Crippen LogP contribution in [0.5, 0.6) is 0 Å². The second kappa shape index (κ2) is 8.59. The Morgan fingerprint density at radius 1 is 1.07 bits per heavy atom. The molecule has 0 saturated heterocycles. The second-order valence-corrected chi connectivity index (χ2v) is 2.23. The Balaban J connectivity index is 0. The van der Waals surface area contributed by atoms with Gasteiger partial charge in [0.2, 0.25) is 0 Å². The molecule has 6 N–H and O–H groups in total. The summed E-state index contributed by atoms with van der Waals surface area (Å²) in [5.41, 5.74) is 0. The van der Waals surface area contributed by atoms with Crippen molar-refractivity contribution in [1.82, 2.24) is 0 Å². The molecule has 2 unspecified atom stereocenters. The van der Waals surface area contributed by atoms with Crippen LogP contribution < -0.4 is 0 Å². The van der Waals surface area contributed by atoms with Gasteiger partial charge in [0, 0.05) is 0 Å². The molecule has 0 amide bonds. The summed E-state index contributed by atoms with van der Waals surface area (Å²) in [4.78, 5) is 8.36. The van der Waals surface area contributed by atoms with Gasteiger partial charge in [-0.2, -0.15) is 0 Å². The van der Waals surface area contributed by atoms with Crippen molar-refractivity contribution >= 4 is 0 Å². The number of hydrogen-bond acceptors (Lipinski definition) is 7. The molecule has 0 aromatic carbocycles. The predicted octanol–water partition coefficient (Wildman–Crippen LogP) is -3.29. The topological polar surface area (TPSA) is 165 Å². The highest BCUT2D eigenvalue weighted by Gasteiger charge is 2.22. The van der Waals surface area contributed by atoms with Crippen molar-refractivity contribution in [3.8, 4) is 0 Å². The summed E-state index contributed by atoms with van der Waals surface area (Å²) >= 11 is 0. The van der Waals surface area contributed by atoms with Crippen molar-refractivity contribution in [3.63, 3.8) is 0 Å². The zero-order valence-corrected chi connectivity index (χ0v) is 7.09. The van der Waals surface area contributed by atoms with Crippen LogP contribution in [-0.2, 0) is 0 Å². The van der Waals surface area contributed by atoms with E-state index in [0.717, 1.165) is 0 Å². The molecule has 0 aromatic heterocycles. The Kier molecular flexibility index (Phi) is 9.49. The maximum Gasteiger partial charge on any atom is 0.291 e. The Hall–Kier alpha value is -1.00. The minimum atomic E-state index is -1.50. The van der Waals surface area contributed by atoms with Crippen molar-refractivity contribution in [2.24, 2.45) is 0 Å². The maximum atomic E-state index is 8.77. The summed E-state index contributed by atoms with van der Waals surface area (Å²) < 4.78 is 0. The van der Waals surface area contributed by atoms with Crippen LogP contribution in [0.3, 0.4) is 0 Å². The third kappa shape index (κ3) is 9.09. The van der Waals surface area contributed by atoms with E-state index < -0.39 is 36.6 Å². The molecule has 0 radical (unpaired) electrons. The van der Waals surface area contributed by atoms with E-state index >= 15 is 0 Å². The average Bonchev–Trinajstić information content (AvgIpc) is 2.13. The van der Waals surface area contributed by atoms with Crippen molar-refractivity contribution in [3.05, 3.63) is 10.1 Å². The molecule has 0 aliphatic heterocycles. The van der Waals surface area contributed by atoms with Crippen LogP contribution in [0.25, 0.3) is 0 Å². The molecule has 0 heterocycles. The molecule has 0 bridgehead atoms. The normalized spacial score (nSPS) is 16.1. The van der Waals surface area contributed by atoms with Gasteiger partial charge in [0.15, 0.2) is 0 Å². The minimum absolute atomic E-state index is 0.641. The van der Waals surface area contributed by atoms with Crippen LogP contribution in [0, 0.1) is 10.1 Å². The summed E-state index contributed by atoms with van der Waals surface area (Å²) in [6.45, 7) is -1.28. The summed E-state index contributed by atoms with van der Waals surface area (Å²) in [5.74, 6) is 0. The Labute approximate surface area is 78.6 Å². The van der Waals surface area contributed by atoms with Crippen LogP contribution >= 0.6 is 0 Å². The first-order chi connectivity index (χ1) is 6.36. The highest BCUT2D eigenvalue weighted by molar-refractivity contribution is 4.73. The molecule has 0 fully saturated rings. The van der Waals surface area contributed by atoms with Gasteiger partial charge in [-0.1, -0.05) is 0 Å². The first-order valence-electron chi connectivity index (χ1n) is 3.46. The van der Waals surface area contributed by atoms with E-state index in [9.17, 15) is 0 Å². The number of aliphatic hydroxyl groups is 5. The van der Waals surface area contributed by atoms with Crippen LogP contribution in [-0.4, -0.2) is 67.4 Å². The van der Waals surface area contributed by atoms with Crippen LogP contribution in [0.4, 0.5) is 0 Å². The van der Waals surface area contributed by atoms with Crippen LogP contribution in [0.15, 0.2) is 0 Å². The van der Waals surface area contributed by atoms with Gasteiger partial charge in [-0.15, -0.1) is 10.1 Å². The van der Waals surface area contributed by atoms with E-state index in [1.54, 1.807) is 0 Å². The standard InChI is InChI=1S/C5H12O5.HNO3/c6-1-3(8)5(10)4(9)2-7;2-1(3)4/h3-10H,1-2H2;(H,2,3,4). The number of nitrogens with zero attached hydrogens (tertiary/aromatic N) is 1. The molecule has 0 aliphatic rings. The molecule has 0 spiro atoms. The lowest BCUT2D eigenvalue weighted by atomic mass is 10.1. The Morgan fingerprint density at radius 3 is 1.43 bits per heavy atom. The van der Waals surface area contributed by atoms with Crippen LogP contribution in [0.1, 0.15) is 0 Å². The third-order valence-electron chi connectivity index (χ3n) is 1.16. The fourth-order valence-electron chi connectivity index (χ4n) is 0.472. The first-order valence-corrected chi connectivity index (χ1v) is 3.46. The lowest BCUT2D eigenvalue weighted by molar-refractivity contribution is -0.742. The molecule has 9 heteroatoms. The number of hydrogen-bond donors (Lipinski definition) is 6. The zero-order chi connectivity index (χ0) is 11.7. The first kappa shape index (κ1) is 15.5. The molecular weight excluding hydrogens is 202 g/mol. The summed E-state index contributed by atoms with van der Waals surface area (Å²) in [7, 11) is 0. The molecule has 0 rings (SSSR count). The Morgan fingerprint density at radius 2 is 1.29 bits per heavy atom. The van der Waals surface area contributed by atoms with Crippen molar-refractivity contribution in [2.75, 3.05) is 13.2 Å². The number of rotatable bonds is 4. The van der Waals surface area contributed by atoms with Gasteiger partial charge in [0.1, 0.15) is 18.3 Å². The monoisotopic (exact) mass is 215 g/mol. The van der Waals surface area contributed by atoms with Gasteiger partial charge < -0.3 is 30.7 Å². The third-order valence-corrected chi connectivity index (χ3v) is 1.16. The van der Waals surface area contributed by atoms with Gasteiger partial charge in [-0.05, 0) is 0 Å². The molecular formula is C5H13NO8. The van der Waals surface area contributed by atoms with Gasteiger partial charge in [-0.3, -0.25) is 0 Å². The van der Waals surface area contributed by atoms with Crippen molar-refractivity contribution in [2.45, 2.75) is 18.3 Å². The smallest absolute Gasteiger partial charge is 0.291 e. The molecule has 14 heavy (non-hydrogen) atoms. The second-order valence-electron chi connectivity index (χ2n) is 2.23. The lowest BCUT2D eigenvalue weighted by Gasteiger charge is -2.19.